The van der Waals surface area contributed by atoms with E-state index < -0.39 is 0 Å². The van der Waals surface area contributed by atoms with Crippen LogP contribution in [0, 0.1) is 18.3 Å². The number of hydrogen-bond acceptors (Lipinski definition) is 3. The average molecular weight is 293 g/mol. The summed E-state index contributed by atoms with van der Waals surface area (Å²) in [6, 6.07) is 10.4. The van der Waals surface area contributed by atoms with E-state index in [1.807, 2.05) is 12.1 Å². The zero-order chi connectivity index (χ0) is 16.1. The molecule has 0 aromatic carbocycles. The molecule has 0 fully saturated rings. The highest BCUT2D eigenvalue weighted by Gasteiger charge is 2.09. The molecule has 2 heterocycles. The fourth-order valence-electron chi connectivity index (χ4n) is 2.57. The highest BCUT2D eigenvalue weighted by Crippen LogP contribution is 2.22. The number of aryl methyl sites for hydroxylation is 2. The van der Waals surface area contributed by atoms with Gasteiger partial charge in [0.1, 0.15) is 11.8 Å². The van der Waals surface area contributed by atoms with Gasteiger partial charge in [0.25, 0.3) is 0 Å². The summed E-state index contributed by atoms with van der Waals surface area (Å²) in [6.45, 7) is 8.67. The Morgan fingerprint density at radius 2 is 1.91 bits per heavy atom. The van der Waals surface area contributed by atoms with E-state index in [1.165, 1.54) is 11.1 Å². The van der Waals surface area contributed by atoms with Crippen LogP contribution in [0.3, 0.4) is 0 Å². The molecular formula is C19H23N3. The molecule has 22 heavy (non-hydrogen) atoms. The number of nitrogens with zero attached hydrogens (tertiary/aromatic N) is 3. The lowest BCUT2D eigenvalue weighted by molar-refractivity contribution is 0.666. The second kappa shape index (κ2) is 7.17. The summed E-state index contributed by atoms with van der Waals surface area (Å²) >= 11 is 0. The minimum atomic E-state index is 0.389. The zero-order valence-corrected chi connectivity index (χ0v) is 13.8. The van der Waals surface area contributed by atoms with Crippen LogP contribution in [-0.4, -0.2) is 9.97 Å². The third-order valence-electron chi connectivity index (χ3n) is 4.00. The molecule has 0 amide bonds. The zero-order valence-electron chi connectivity index (χ0n) is 13.8. The van der Waals surface area contributed by atoms with E-state index in [0.717, 1.165) is 24.2 Å². The first-order valence-electron chi connectivity index (χ1n) is 7.83. The molecule has 0 N–H and O–H groups in total. The topological polar surface area (TPSA) is 49.6 Å². The molecule has 0 saturated carbocycles. The van der Waals surface area contributed by atoms with Gasteiger partial charge >= 0.3 is 0 Å². The first-order valence-corrected chi connectivity index (χ1v) is 7.83. The van der Waals surface area contributed by atoms with Gasteiger partial charge in [0, 0.05) is 17.6 Å². The van der Waals surface area contributed by atoms with Gasteiger partial charge in [0.2, 0.25) is 0 Å². The van der Waals surface area contributed by atoms with Crippen LogP contribution in [0.15, 0.2) is 30.5 Å². The van der Waals surface area contributed by atoms with E-state index in [1.54, 1.807) is 6.20 Å². The molecule has 0 aliphatic heterocycles. The van der Waals surface area contributed by atoms with Gasteiger partial charge in [-0.2, -0.15) is 5.26 Å². The first kappa shape index (κ1) is 16.2. The molecule has 0 aliphatic rings. The fourth-order valence-corrected chi connectivity index (χ4v) is 2.57. The lowest BCUT2D eigenvalue weighted by Gasteiger charge is -2.13. The largest absolute Gasteiger partial charge is 0.258 e. The maximum atomic E-state index is 8.94. The van der Waals surface area contributed by atoms with Crippen LogP contribution in [0.25, 0.3) is 0 Å². The van der Waals surface area contributed by atoms with Crippen molar-refractivity contribution in [3.63, 3.8) is 0 Å². The fraction of sp³-hybridized carbons (Fsp3) is 0.421. The maximum absolute atomic E-state index is 8.94. The Morgan fingerprint density at radius 1 is 1.14 bits per heavy atom. The predicted octanol–water partition coefficient (Wildman–Crippen LogP) is 4.52. The van der Waals surface area contributed by atoms with Crippen molar-refractivity contribution in [2.45, 2.75) is 52.4 Å². The Hall–Kier alpha value is -2.21. The molecule has 0 saturated heterocycles. The predicted molar refractivity (Wildman–Crippen MR) is 88.8 cm³/mol. The van der Waals surface area contributed by atoms with E-state index in [4.69, 9.17) is 5.26 Å². The van der Waals surface area contributed by atoms with Gasteiger partial charge in [-0.3, -0.25) is 4.98 Å². The molecule has 114 valence electrons. The molecule has 0 aliphatic carbocycles. The number of hydrogen-bond donors (Lipinski definition) is 0. The Kier molecular flexibility index (Phi) is 5.27. The van der Waals surface area contributed by atoms with Crippen molar-refractivity contribution in [1.29, 1.82) is 5.26 Å². The second-order valence-corrected chi connectivity index (χ2v) is 6.21. The van der Waals surface area contributed by atoms with E-state index >= 15 is 0 Å². The molecule has 3 heteroatoms. The molecule has 1 unspecified atom stereocenters. The minimum absolute atomic E-state index is 0.389. The van der Waals surface area contributed by atoms with Gasteiger partial charge in [-0.1, -0.05) is 20.8 Å². The highest BCUT2D eigenvalue weighted by atomic mass is 14.7. The summed E-state index contributed by atoms with van der Waals surface area (Å²) in [5.41, 5.74) is 5.25. The number of aromatic nitrogens is 2. The van der Waals surface area contributed by atoms with Crippen LogP contribution in [-0.2, 0) is 6.42 Å². The standard InChI is InChI=1S/C19H23N3/c1-13(2)17-9-15(4)22-18(11-17)6-5-14(3)16-7-8-21-19(10-16)12-20/h7-11,13-14H,5-6H2,1-4H3. The van der Waals surface area contributed by atoms with Gasteiger partial charge in [-0.05, 0) is 67.0 Å². The summed E-state index contributed by atoms with van der Waals surface area (Å²) < 4.78 is 0. The third-order valence-corrected chi connectivity index (χ3v) is 4.00. The van der Waals surface area contributed by atoms with Crippen LogP contribution < -0.4 is 0 Å². The van der Waals surface area contributed by atoms with Gasteiger partial charge in [0.15, 0.2) is 0 Å². The van der Waals surface area contributed by atoms with Gasteiger partial charge in [-0.25, -0.2) is 4.98 Å². The van der Waals surface area contributed by atoms with Crippen molar-refractivity contribution in [2.24, 2.45) is 0 Å². The molecule has 2 rings (SSSR count). The molecule has 2 aromatic rings. The van der Waals surface area contributed by atoms with E-state index in [2.05, 4.69) is 55.9 Å². The Morgan fingerprint density at radius 3 is 2.59 bits per heavy atom. The van der Waals surface area contributed by atoms with E-state index in [0.29, 0.717) is 17.5 Å². The van der Waals surface area contributed by atoms with Gasteiger partial charge < -0.3 is 0 Å². The first-order chi connectivity index (χ1) is 10.5. The molecule has 3 nitrogen and oxygen atoms in total. The van der Waals surface area contributed by atoms with Crippen LogP contribution in [0.1, 0.15) is 67.2 Å². The summed E-state index contributed by atoms with van der Waals surface area (Å²) in [6.07, 6.45) is 3.68. The van der Waals surface area contributed by atoms with Crippen molar-refractivity contribution >= 4 is 0 Å². The van der Waals surface area contributed by atoms with Crippen molar-refractivity contribution in [1.82, 2.24) is 9.97 Å². The third kappa shape index (κ3) is 4.14. The summed E-state index contributed by atoms with van der Waals surface area (Å²) in [5, 5.41) is 8.94. The summed E-state index contributed by atoms with van der Waals surface area (Å²) in [4.78, 5) is 8.68. The lowest BCUT2D eigenvalue weighted by Crippen LogP contribution is -2.02. The Balaban J connectivity index is 2.07. The lowest BCUT2D eigenvalue weighted by atomic mass is 9.94. The maximum Gasteiger partial charge on any atom is 0.140 e. The van der Waals surface area contributed by atoms with Crippen LogP contribution in [0.2, 0.25) is 0 Å². The molecule has 0 radical (unpaired) electrons. The molecular weight excluding hydrogens is 270 g/mol. The van der Waals surface area contributed by atoms with Crippen LogP contribution >= 0.6 is 0 Å². The molecule has 0 spiro atoms. The van der Waals surface area contributed by atoms with Crippen LogP contribution in [0.4, 0.5) is 0 Å². The SMILES string of the molecule is Cc1cc(C(C)C)cc(CCC(C)c2ccnc(C#N)c2)n1. The van der Waals surface area contributed by atoms with Gasteiger partial charge in [-0.15, -0.1) is 0 Å². The monoisotopic (exact) mass is 293 g/mol. The Bertz CT molecular complexity index is 683. The van der Waals surface area contributed by atoms with E-state index in [9.17, 15) is 0 Å². The second-order valence-electron chi connectivity index (χ2n) is 6.21. The van der Waals surface area contributed by atoms with Gasteiger partial charge in [0.05, 0.1) is 0 Å². The van der Waals surface area contributed by atoms with Crippen molar-refractivity contribution < 1.29 is 0 Å². The van der Waals surface area contributed by atoms with Crippen LogP contribution in [0.5, 0.6) is 0 Å². The number of nitriles is 1. The number of pyridine rings is 2. The summed E-state index contributed by atoms with van der Waals surface area (Å²) in [5.74, 6) is 0.913. The minimum Gasteiger partial charge on any atom is -0.258 e. The molecule has 0 bridgehead atoms. The Labute approximate surface area is 133 Å². The van der Waals surface area contributed by atoms with Crippen molar-refractivity contribution in [3.8, 4) is 6.07 Å². The molecule has 1 atom stereocenters. The van der Waals surface area contributed by atoms with Crippen molar-refractivity contribution in [3.05, 3.63) is 58.7 Å². The average Bonchev–Trinajstić information content (AvgIpc) is 2.52. The quantitative estimate of drug-likeness (QED) is 0.814. The smallest absolute Gasteiger partial charge is 0.140 e. The molecule has 2 aromatic heterocycles. The number of rotatable bonds is 5. The highest BCUT2D eigenvalue weighted by molar-refractivity contribution is 5.28. The summed E-state index contributed by atoms with van der Waals surface area (Å²) in [7, 11) is 0. The normalized spacial score (nSPS) is 12.2. The van der Waals surface area contributed by atoms with Crippen molar-refractivity contribution in [2.75, 3.05) is 0 Å². The van der Waals surface area contributed by atoms with E-state index in [-0.39, 0.29) is 0 Å².